The normalized spacial score (nSPS) is 12.0. The summed E-state index contributed by atoms with van der Waals surface area (Å²) >= 11 is 5.56. The fraction of sp³-hybridized carbons (Fsp3) is 0.111. The lowest BCUT2D eigenvalue weighted by Gasteiger charge is -2.02. The number of alkyl halides is 3. The summed E-state index contributed by atoms with van der Waals surface area (Å²) in [6.07, 6.45) is -3.92. The zero-order chi connectivity index (χ0) is 11.9. The van der Waals surface area contributed by atoms with Gasteiger partial charge in [0.25, 0.3) is 5.78 Å². The minimum Gasteiger partial charge on any atom is -0.345 e. The quantitative estimate of drug-likeness (QED) is 0.623. The number of nitrogens with one attached hydrogen (secondary N) is 1. The summed E-state index contributed by atoms with van der Waals surface area (Å²) in [4.78, 5) is 17.2. The van der Waals surface area contributed by atoms with Crippen LogP contribution in [0.5, 0.6) is 0 Å². The van der Waals surface area contributed by atoms with Crippen LogP contribution in [-0.4, -0.2) is 21.9 Å². The summed E-state index contributed by atoms with van der Waals surface area (Å²) in [5, 5.41) is 0.243. The maximum absolute atomic E-state index is 12.2. The third-order valence-electron chi connectivity index (χ3n) is 2.01. The molecule has 7 heteroatoms. The maximum Gasteiger partial charge on any atom is 0.454 e. The number of aromatic nitrogens is 2. The monoisotopic (exact) mass is 248 g/mol. The Hall–Kier alpha value is -1.56. The summed E-state index contributed by atoms with van der Waals surface area (Å²) < 4.78 is 36.6. The van der Waals surface area contributed by atoms with Gasteiger partial charge in [-0.1, -0.05) is 11.6 Å². The lowest BCUT2D eigenvalue weighted by molar-refractivity contribution is -0.0884. The molecule has 0 radical (unpaired) electrons. The summed E-state index contributed by atoms with van der Waals surface area (Å²) in [6, 6.07) is 2.64. The number of hydrogen-bond acceptors (Lipinski definition) is 2. The van der Waals surface area contributed by atoms with Crippen molar-refractivity contribution in [2.45, 2.75) is 6.18 Å². The molecule has 84 valence electrons. The first-order valence-electron chi connectivity index (χ1n) is 4.15. The molecule has 0 spiro atoms. The number of nitrogens with zero attached hydrogens (tertiary/aromatic N) is 1. The number of fused-ring (bicyclic) bond motifs is 1. The number of hydrogen-bond donors (Lipinski definition) is 1. The number of carbonyl (C=O) groups is 1. The van der Waals surface area contributed by atoms with Gasteiger partial charge in [0.05, 0.1) is 5.56 Å². The van der Waals surface area contributed by atoms with E-state index in [0.717, 1.165) is 6.20 Å². The Morgan fingerprint density at radius 1 is 1.38 bits per heavy atom. The average molecular weight is 249 g/mol. The molecule has 0 fully saturated rings. The molecule has 0 saturated heterocycles. The molecule has 2 rings (SSSR count). The van der Waals surface area contributed by atoms with Crippen LogP contribution in [0, 0.1) is 0 Å². The van der Waals surface area contributed by atoms with Crippen molar-refractivity contribution in [1.29, 1.82) is 0 Å². The number of rotatable bonds is 1. The van der Waals surface area contributed by atoms with Gasteiger partial charge in [0, 0.05) is 11.6 Å². The minimum absolute atomic E-state index is 0.103. The third kappa shape index (κ3) is 1.76. The lowest BCUT2D eigenvalue weighted by Crippen LogP contribution is -2.22. The van der Waals surface area contributed by atoms with Gasteiger partial charge in [-0.25, -0.2) is 4.98 Å². The fourth-order valence-electron chi connectivity index (χ4n) is 1.32. The molecule has 0 saturated carbocycles. The molecule has 0 aromatic carbocycles. The van der Waals surface area contributed by atoms with Crippen LogP contribution in [-0.2, 0) is 0 Å². The largest absolute Gasteiger partial charge is 0.454 e. The average Bonchev–Trinajstić information content (AvgIpc) is 2.57. The molecule has 0 amide bonds. The maximum atomic E-state index is 12.2. The van der Waals surface area contributed by atoms with Crippen molar-refractivity contribution in [3.8, 4) is 0 Å². The number of Topliss-reactive ketones (excluding diaryl/α,β-unsaturated/α-hetero) is 1. The number of pyridine rings is 1. The van der Waals surface area contributed by atoms with E-state index >= 15 is 0 Å². The number of ketones is 1. The zero-order valence-corrected chi connectivity index (χ0v) is 8.36. The van der Waals surface area contributed by atoms with Gasteiger partial charge in [-0.05, 0) is 12.1 Å². The highest BCUT2D eigenvalue weighted by Gasteiger charge is 2.40. The highest BCUT2D eigenvalue weighted by molar-refractivity contribution is 6.29. The second kappa shape index (κ2) is 3.48. The predicted molar refractivity (Wildman–Crippen MR) is 51.5 cm³/mol. The molecule has 2 heterocycles. The van der Waals surface area contributed by atoms with Gasteiger partial charge in [0.2, 0.25) is 0 Å². The van der Waals surface area contributed by atoms with Crippen LogP contribution in [0.4, 0.5) is 13.2 Å². The van der Waals surface area contributed by atoms with Crippen molar-refractivity contribution >= 4 is 28.4 Å². The van der Waals surface area contributed by atoms with Crippen LogP contribution in [0.3, 0.4) is 0 Å². The molecular formula is C9H4ClF3N2O. The highest BCUT2D eigenvalue weighted by atomic mass is 35.5. The van der Waals surface area contributed by atoms with E-state index in [9.17, 15) is 18.0 Å². The fourth-order valence-corrected chi connectivity index (χ4v) is 1.47. The van der Waals surface area contributed by atoms with Gasteiger partial charge in [0.1, 0.15) is 10.8 Å². The summed E-state index contributed by atoms with van der Waals surface area (Å²) in [5.41, 5.74) is -0.299. The number of aromatic amines is 1. The van der Waals surface area contributed by atoms with Gasteiger partial charge in [0.15, 0.2) is 0 Å². The molecule has 0 aliphatic carbocycles. The van der Waals surface area contributed by atoms with Crippen molar-refractivity contribution in [3.63, 3.8) is 0 Å². The van der Waals surface area contributed by atoms with Crippen LogP contribution in [0.15, 0.2) is 18.3 Å². The summed E-state index contributed by atoms with van der Waals surface area (Å²) in [5.74, 6) is -1.90. The van der Waals surface area contributed by atoms with Gasteiger partial charge in [-0.2, -0.15) is 13.2 Å². The van der Waals surface area contributed by atoms with E-state index in [-0.39, 0.29) is 16.2 Å². The first-order valence-corrected chi connectivity index (χ1v) is 4.52. The van der Waals surface area contributed by atoms with Gasteiger partial charge in [-0.15, -0.1) is 0 Å². The molecule has 0 aliphatic heterocycles. The van der Waals surface area contributed by atoms with Crippen LogP contribution in [0.2, 0.25) is 5.15 Å². The van der Waals surface area contributed by atoms with Gasteiger partial charge >= 0.3 is 6.18 Å². The Bertz CT molecular complexity index is 561. The van der Waals surface area contributed by atoms with E-state index in [1.807, 2.05) is 0 Å². The first-order chi connectivity index (χ1) is 7.39. The number of H-pyrrole nitrogens is 1. The van der Waals surface area contributed by atoms with Gasteiger partial charge in [-0.3, -0.25) is 4.79 Å². The molecule has 0 unspecified atom stereocenters. The topological polar surface area (TPSA) is 45.8 Å². The van der Waals surface area contributed by atoms with Crippen LogP contribution in [0.1, 0.15) is 10.4 Å². The van der Waals surface area contributed by atoms with Crippen molar-refractivity contribution in [3.05, 3.63) is 29.0 Å². The van der Waals surface area contributed by atoms with Crippen LogP contribution < -0.4 is 0 Å². The lowest BCUT2D eigenvalue weighted by atomic mass is 10.1. The Kier molecular flexibility index (Phi) is 2.38. The van der Waals surface area contributed by atoms with Crippen molar-refractivity contribution in [1.82, 2.24) is 9.97 Å². The van der Waals surface area contributed by atoms with E-state index in [0.29, 0.717) is 0 Å². The third-order valence-corrected chi connectivity index (χ3v) is 2.22. The molecule has 0 aliphatic rings. The predicted octanol–water partition coefficient (Wildman–Crippen LogP) is 2.96. The Labute approximate surface area is 92.2 Å². The Morgan fingerprint density at radius 3 is 2.69 bits per heavy atom. The molecule has 2 aromatic heterocycles. The standard InChI is InChI=1S/C9H4ClF3N2O/c10-6-2-1-4-5(3-14-8(4)15-6)7(16)9(11,12)13/h1-3H,(H,14,15). The van der Waals surface area contributed by atoms with E-state index in [1.165, 1.54) is 12.1 Å². The van der Waals surface area contributed by atoms with E-state index in [4.69, 9.17) is 11.6 Å². The van der Waals surface area contributed by atoms with Gasteiger partial charge < -0.3 is 4.98 Å². The molecular weight excluding hydrogens is 245 g/mol. The van der Waals surface area contributed by atoms with Crippen molar-refractivity contribution < 1.29 is 18.0 Å². The van der Waals surface area contributed by atoms with Crippen molar-refractivity contribution in [2.75, 3.05) is 0 Å². The molecule has 16 heavy (non-hydrogen) atoms. The molecule has 0 bridgehead atoms. The Morgan fingerprint density at radius 2 is 2.06 bits per heavy atom. The molecule has 3 nitrogen and oxygen atoms in total. The van der Waals surface area contributed by atoms with Crippen LogP contribution >= 0.6 is 11.6 Å². The van der Waals surface area contributed by atoms with Crippen molar-refractivity contribution in [2.24, 2.45) is 0 Å². The number of halogens is 4. The number of carbonyl (C=O) groups excluding carboxylic acids is 1. The second-order valence-corrected chi connectivity index (χ2v) is 3.45. The second-order valence-electron chi connectivity index (χ2n) is 3.06. The van der Waals surface area contributed by atoms with Crippen LogP contribution in [0.25, 0.3) is 11.0 Å². The zero-order valence-electron chi connectivity index (χ0n) is 7.60. The highest BCUT2D eigenvalue weighted by Crippen LogP contribution is 2.26. The first kappa shape index (κ1) is 10.9. The SMILES string of the molecule is O=C(c1c[nH]c2nc(Cl)ccc12)C(F)(F)F. The molecule has 2 aromatic rings. The summed E-state index contributed by atoms with van der Waals surface area (Å²) in [6.45, 7) is 0. The molecule has 1 N–H and O–H groups in total. The van der Waals surface area contributed by atoms with E-state index in [2.05, 4.69) is 9.97 Å². The minimum atomic E-state index is -4.89. The van der Waals surface area contributed by atoms with E-state index in [1.54, 1.807) is 0 Å². The van der Waals surface area contributed by atoms with E-state index < -0.39 is 17.5 Å². The summed E-state index contributed by atoms with van der Waals surface area (Å²) in [7, 11) is 0. The molecule has 0 atom stereocenters. The smallest absolute Gasteiger partial charge is 0.345 e. The Balaban J connectivity index is 2.59.